The molecule has 0 radical (unpaired) electrons. The highest BCUT2D eigenvalue weighted by Gasteiger charge is 2.21. The van der Waals surface area contributed by atoms with Crippen molar-refractivity contribution in [1.82, 2.24) is 15.2 Å². The van der Waals surface area contributed by atoms with Crippen LogP contribution in [0.25, 0.3) is 0 Å². The molecule has 7 nitrogen and oxygen atoms in total. The number of hydrogen-bond donors (Lipinski definition) is 1. The van der Waals surface area contributed by atoms with Gasteiger partial charge in [-0.15, -0.1) is 0 Å². The molecule has 0 atom stereocenters. The first-order valence-electron chi connectivity index (χ1n) is 9.59. The van der Waals surface area contributed by atoms with Crippen LogP contribution in [0.15, 0.2) is 34.9 Å². The third-order valence-corrected chi connectivity index (χ3v) is 4.55. The highest BCUT2D eigenvalue weighted by molar-refractivity contribution is 5.91. The fourth-order valence-corrected chi connectivity index (χ4v) is 3.08. The molecular weight excluding hydrogens is 363 g/mol. The van der Waals surface area contributed by atoms with Crippen molar-refractivity contribution < 1.29 is 18.3 Å². The summed E-state index contributed by atoms with van der Waals surface area (Å²) in [5.41, 5.74) is 0.906. The number of anilines is 1. The van der Waals surface area contributed by atoms with Crippen LogP contribution in [0.1, 0.15) is 30.2 Å². The van der Waals surface area contributed by atoms with Crippen molar-refractivity contribution in [2.45, 2.75) is 26.5 Å². The lowest BCUT2D eigenvalue weighted by Crippen LogP contribution is -2.46. The number of nitrogens with zero attached hydrogens (tertiary/aromatic N) is 3. The molecule has 2 heterocycles. The molecule has 0 saturated carbocycles. The monoisotopic (exact) mass is 390 g/mol. The summed E-state index contributed by atoms with van der Waals surface area (Å²) in [5.74, 6) is 0.0350. The van der Waals surface area contributed by atoms with Crippen LogP contribution in [-0.4, -0.2) is 61.2 Å². The number of carbonyl (C=O) groups is 1. The first kappa shape index (κ1) is 20.3. The molecule has 1 N–H and O–H groups in total. The number of amides is 1. The van der Waals surface area contributed by atoms with Crippen molar-refractivity contribution in [1.29, 1.82) is 0 Å². The lowest BCUT2D eigenvalue weighted by atomic mass is 10.2. The highest BCUT2D eigenvalue weighted by Crippen LogP contribution is 2.20. The standard InChI is InChI=1S/C20H27FN4O3/c1-15(2)27-12-7-22-20(26)17-14-28-19(23-17)13-24-8-10-25(11-9-24)18-6-4-3-5-16(18)21/h3-6,14-15H,7-13H2,1-2H3,(H,22,26). The first-order chi connectivity index (χ1) is 13.5. The summed E-state index contributed by atoms with van der Waals surface area (Å²) in [7, 11) is 0. The van der Waals surface area contributed by atoms with Crippen LogP contribution in [0.5, 0.6) is 0 Å². The van der Waals surface area contributed by atoms with E-state index < -0.39 is 0 Å². The smallest absolute Gasteiger partial charge is 0.273 e. The molecule has 1 aromatic carbocycles. The number of halogens is 1. The van der Waals surface area contributed by atoms with Crippen LogP contribution in [0, 0.1) is 5.82 Å². The van der Waals surface area contributed by atoms with Gasteiger partial charge < -0.3 is 19.4 Å². The number of rotatable bonds is 8. The zero-order chi connectivity index (χ0) is 19.9. The number of ether oxygens (including phenoxy) is 1. The fraction of sp³-hybridized carbons (Fsp3) is 0.500. The molecule has 1 amide bonds. The van der Waals surface area contributed by atoms with E-state index in [1.165, 1.54) is 12.3 Å². The summed E-state index contributed by atoms with van der Waals surface area (Å²) in [5, 5.41) is 2.76. The van der Waals surface area contributed by atoms with Crippen LogP contribution in [0.2, 0.25) is 0 Å². The van der Waals surface area contributed by atoms with Gasteiger partial charge in [-0.25, -0.2) is 9.37 Å². The van der Waals surface area contributed by atoms with Gasteiger partial charge >= 0.3 is 0 Å². The molecule has 0 spiro atoms. The summed E-state index contributed by atoms with van der Waals surface area (Å²) in [6.07, 6.45) is 1.51. The van der Waals surface area contributed by atoms with Crippen molar-refractivity contribution >= 4 is 11.6 Å². The number of carbonyl (C=O) groups excluding carboxylic acids is 1. The van der Waals surface area contributed by atoms with Gasteiger partial charge in [0.15, 0.2) is 5.69 Å². The van der Waals surface area contributed by atoms with Crippen LogP contribution in [0.3, 0.4) is 0 Å². The molecule has 0 bridgehead atoms. The first-order valence-corrected chi connectivity index (χ1v) is 9.59. The van der Waals surface area contributed by atoms with Gasteiger partial charge in [0.1, 0.15) is 12.1 Å². The van der Waals surface area contributed by atoms with Crippen molar-refractivity contribution in [3.8, 4) is 0 Å². The topological polar surface area (TPSA) is 70.8 Å². The molecule has 1 saturated heterocycles. The van der Waals surface area contributed by atoms with Gasteiger partial charge in [-0.2, -0.15) is 0 Å². The maximum atomic E-state index is 13.9. The van der Waals surface area contributed by atoms with E-state index in [0.29, 0.717) is 31.3 Å². The quantitative estimate of drug-likeness (QED) is 0.698. The fourth-order valence-electron chi connectivity index (χ4n) is 3.08. The second kappa shape index (κ2) is 9.66. The highest BCUT2D eigenvalue weighted by atomic mass is 19.1. The minimum Gasteiger partial charge on any atom is -0.447 e. The third-order valence-electron chi connectivity index (χ3n) is 4.55. The van der Waals surface area contributed by atoms with Gasteiger partial charge in [0.25, 0.3) is 5.91 Å². The minimum absolute atomic E-state index is 0.134. The molecule has 2 aromatic rings. The molecule has 1 fully saturated rings. The number of para-hydroxylation sites is 1. The van der Waals surface area contributed by atoms with E-state index >= 15 is 0 Å². The number of piperazine rings is 1. The summed E-state index contributed by atoms with van der Waals surface area (Å²) < 4.78 is 24.8. The number of hydrogen-bond acceptors (Lipinski definition) is 6. The average Bonchev–Trinajstić information content (AvgIpc) is 3.15. The largest absolute Gasteiger partial charge is 0.447 e. The van der Waals surface area contributed by atoms with E-state index in [1.807, 2.05) is 24.8 Å². The summed E-state index contributed by atoms with van der Waals surface area (Å²) in [6, 6.07) is 6.83. The van der Waals surface area contributed by atoms with E-state index in [1.54, 1.807) is 12.1 Å². The SMILES string of the molecule is CC(C)OCCNC(=O)c1coc(CN2CCN(c3ccccc3F)CC2)n1. The van der Waals surface area contributed by atoms with Crippen molar-refractivity contribution in [3.63, 3.8) is 0 Å². The van der Waals surface area contributed by atoms with Crippen LogP contribution in [-0.2, 0) is 11.3 Å². The summed E-state index contributed by atoms with van der Waals surface area (Å²) >= 11 is 0. The van der Waals surface area contributed by atoms with Gasteiger partial charge in [-0.05, 0) is 26.0 Å². The van der Waals surface area contributed by atoms with Gasteiger partial charge in [0.05, 0.1) is 24.9 Å². The van der Waals surface area contributed by atoms with E-state index in [0.717, 1.165) is 26.2 Å². The molecule has 0 unspecified atom stereocenters. The zero-order valence-corrected chi connectivity index (χ0v) is 16.4. The predicted octanol–water partition coefficient (Wildman–Crippen LogP) is 2.29. The van der Waals surface area contributed by atoms with Crippen molar-refractivity contribution in [3.05, 3.63) is 47.9 Å². The van der Waals surface area contributed by atoms with Crippen LogP contribution in [0.4, 0.5) is 10.1 Å². The normalized spacial score (nSPS) is 15.2. The second-order valence-corrected chi connectivity index (χ2v) is 7.02. The van der Waals surface area contributed by atoms with Gasteiger partial charge in [-0.3, -0.25) is 9.69 Å². The molecule has 3 rings (SSSR count). The molecule has 1 aliphatic heterocycles. The number of nitrogens with one attached hydrogen (secondary N) is 1. The maximum absolute atomic E-state index is 13.9. The van der Waals surface area contributed by atoms with Crippen LogP contribution < -0.4 is 10.2 Å². The minimum atomic E-state index is -0.272. The molecular formula is C20H27FN4O3. The molecule has 1 aromatic heterocycles. The Labute approximate surface area is 164 Å². The van der Waals surface area contributed by atoms with Crippen LogP contribution >= 0.6 is 0 Å². The van der Waals surface area contributed by atoms with Gasteiger partial charge in [-0.1, -0.05) is 12.1 Å². The Morgan fingerprint density at radius 3 is 2.75 bits per heavy atom. The lowest BCUT2D eigenvalue weighted by molar-refractivity contribution is 0.0745. The van der Waals surface area contributed by atoms with E-state index in [9.17, 15) is 9.18 Å². The van der Waals surface area contributed by atoms with Crippen molar-refractivity contribution in [2.75, 3.05) is 44.2 Å². The third kappa shape index (κ3) is 5.53. The molecule has 1 aliphatic rings. The Morgan fingerprint density at radius 1 is 1.29 bits per heavy atom. The Morgan fingerprint density at radius 2 is 2.04 bits per heavy atom. The predicted molar refractivity (Wildman–Crippen MR) is 104 cm³/mol. The number of benzene rings is 1. The lowest BCUT2D eigenvalue weighted by Gasteiger charge is -2.35. The second-order valence-electron chi connectivity index (χ2n) is 7.02. The Balaban J connectivity index is 1.44. The maximum Gasteiger partial charge on any atom is 0.273 e. The summed E-state index contributed by atoms with van der Waals surface area (Å²) in [6.45, 7) is 8.29. The Hall–Kier alpha value is -2.45. The number of aromatic nitrogens is 1. The molecule has 8 heteroatoms. The zero-order valence-electron chi connectivity index (χ0n) is 16.4. The molecule has 152 valence electrons. The Kier molecular flexibility index (Phi) is 7.00. The van der Waals surface area contributed by atoms with E-state index in [-0.39, 0.29) is 23.5 Å². The molecule has 28 heavy (non-hydrogen) atoms. The summed E-state index contributed by atoms with van der Waals surface area (Å²) in [4.78, 5) is 20.6. The average molecular weight is 390 g/mol. The molecule has 0 aliphatic carbocycles. The van der Waals surface area contributed by atoms with E-state index in [4.69, 9.17) is 9.15 Å². The Bertz CT molecular complexity index is 772. The van der Waals surface area contributed by atoms with Crippen molar-refractivity contribution in [2.24, 2.45) is 0 Å². The number of oxazole rings is 1. The van der Waals surface area contributed by atoms with Gasteiger partial charge in [0.2, 0.25) is 5.89 Å². The van der Waals surface area contributed by atoms with Gasteiger partial charge in [0, 0.05) is 32.7 Å². The van der Waals surface area contributed by atoms with E-state index in [2.05, 4.69) is 15.2 Å².